The fourth-order valence-electron chi connectivity index (χ4n) is 8.05. The number of nitrogens with zero attached hydrogens (tertiary/aromatic N) is 4. The van der Waals surface area contributed by atoms with E-state index in [0.29, 0.717) is 35.7 Å². The Kier molecular flexibility index (Phi) is 9.60. The summed E-state index contributed by atoms with van der Waals surface area (Å²) >= 11 is 0. The number of anilines is 1. The van der Waals surface area contributed by atoms with Gasteiger partial charge in [0.2, 0.25) is 11.6 Å². The van der Waals surface area contributed by atoms with Crippen LogP contribution in [0.3, 0.4) is 0 Å². The molecule has 1 N–H and O–H groups in total. The first kappa shape index (κ1) is 37.5. The Hall–Kier alpha value is -4.78. The van der Waals surface area contributed by atoms with Crippen LogP contribution >= 0.6 is 0 Å². The fraction of sp³-hybridized carbons (Fsp3) is 0.429. The number of rotatable bonds is 10. The van der Waals surface area contributed by atoms with Gasteiger partial charge in [0.15, 0.2) is 19.7 Å². The molecule has 0 spiro atoms. The van der Waals surface area contributed by atoms with Gasteiger partial charge in [0.05, 0.1) is 17.8 Å². The molecule has 3 aliphatic rings. The lowest BCUT2D eigenvalue weighted by atomic mass is 9.57. The minimum atomic E-state index is -2.88. The summed E-state index contributed by atoms with van der Waals surface area (Å²) in [5.74, 6) is -1.00. The van der Waals surface area contributed by atoms with E-state index in [9.17, 15) is 5.11 Å². The van der Waals surface area contributed by atoms with Crippen LogP contribution in [0.2, 0.25) is 18.1 Å². The summed E-state index contributed by atoms with van der Waals surface area (Å²) in [5.41, 5.74) is 1.32. The number of aromatic nitrogens is 2. The molecular weight excluding hydrogens is 701 g/mol. The highest BCUT2D eigenvalue weighted by molar-refractivity contribution is 6.74. The molecule has 0 amide bonds. The molecule has 2 heterocycles. The predicted octanol–water partition coefficient (Wildman–Crippen LogP) is 7.58. The summed E-state index contributed by atoms with van der Waals surface area (Å²) in [5, 5.41) is 16.4. The van der Waals surface area contributed by atoms with E-state index in [1.807, 2.05) is 112 Å². The van der Waals surface area contributed by atoms with Gasteiger partial charge in [-0.2, -0.15) is 0 Å². The number of hydrogen-bond donors (Lipinski definition) is 1. The van der Waals surface area contributed by atoms with E-state index in [-0.39, 0.29) is 41.0 Å². The lowest BCUT2D eigenvalue weighted by Crippen LogP contribution is -2.68. The van der Waals surface area contributed by atoms with Crippen molar-refractivity contribution in [1.29, 1.82) is 0 Å². The maximum Gasteiger partial charge on any atom is 0.265 e. The van der Waals surface area contributed by atoms with Crippen molar-refractivity contribution in [3.05, 3.63) is 106 Å². The van der Waals surface area contributed by atoms with Crippen LogP contribution in [-0.4, -0.2) is 73.8 Å². The Morgan fingerprint density at radius 2 is 1.52 bits per heavy atom. The van der Waals surface area contributed by atoms with Crippen LogP contribution in [0.5, 0.6) is 11.6 Å². The molecule has 4 aromatic rings. The Balaban J connectivity index is 1.41. The monoisotopic (exact) mass is 750 g/mol. The molecule has 0 aliphatic heterocycles. The van der Waals surface area contributed by atoms with E-state index in [0.717, 1.165) is 16.7 Å². The molecule has 11 nitrogen and oxygen atoms in total. The van der Waals surface area contributed by atoms with Crippen molar-refractivity contribution in [2.75, 3.05) is 33.1 Å². The summed E-state index contributed by atoms with van der Waals surface area (Å²) < 4.78 is 25.8. The predicted molar refractivity (Wildman–Crippen MR) is 208 cm³/mol. The van der Waals surface area contributed by atoms with Crippen LogP contribution in [0.15, 0.2) is 77.0 Å². The van der Waals surface area contributed by atoms with Crippen LogP contribution in [0.25, 0.3) is 5.76 Å². The number of aliphatic hydroxyl groups excluding tert-OH is 1. The first-order valence-electron chi connectivity index (χ1n) is 18.5. The van der Waals surface area contributed by atoms with Gasteiger partial charge in [-0.15, -0.1) is 0 Å². The first-order valence-corrected chi connectivity index (χ1v) is 21.4. The molecular formula is C42H50N4O7Si. The molecule has 1 saturated carbocycles. The molecule has 284 valence electrons. The summed E-state index contributed by atoms with van der Waals surface area (Å²) in [6.07, 6.45) is 2.36. The highest BCUT2D eigenvalue weighted by Gasteiger charge is 2.69. The minimum absolute atomic E-state index is 0.0165. The average Bonchev–Trinajstić information content (AvgIpc) is 3.54. The van der Waals surface area contributed by atoms with Gasteiger partial charge in [-0.25, -0.2) is 4.98 Å². The largest absolute Gasteiger partial charge is 0.507 e. The molecule has 54 heavy (non-hydrogen) atoms. The van der Waals surface area contributed by atoms with E-state index in [4.69, 9.17) is 23.4 Å². The highest BCUT2D eigenvalue weighted by Crippen LogP contribution is 2.59. The molecule has 0 saturated heterocycles. The number of hydrogen-bond acceptors (Lipinski definition) is 11. The van der Waals surface area contributed by atoms with Crippen LogP contribution < -0.4 is 14.4 Å². The van der Waals surface area contributed by atoms with E-state index < -0.39 is 43.4 Å². The van der Waals surface area contributed by atoms with Crippen LogP contribution in [0.4, 0.5) is 5.82 Å². The van der Waals surface area contributed by atoms with Crippen molar-refractivity contribution >= 4 is 31.5 Å². The van der Waals surface area contributed by atoms with Crippen molar-refractivity contribution in [3.63, 3.8) is 0 Å². The Morgan fingerprint density at radius 3 is 2.09 bits per heavy atom. The summed E-state index contributed by atoms with van der Waals surface area (Å²) in [4.78, 5) is 39.8. The first-order chi connectivity index (χ1) is 25.6. The van der Waals surface area contributed by atoms with Crippen LogP contribution in [-0.2, 0) is 28.9 Å². The number of carbonyl (C=O) groups is 2. The molecule has 0 radical (unpaired) electrons. The molecule has 0 unspecified atom stereocenters. The van der Waals surface area contributed by atoms with Crippen molar-refractivity contribution in [2.24, 2.45) is 11.8 Å². The number of aliphatic hydroxyl groups is 1. The van der Waals surface area contributed by atoms with Crippen LogP contribution in [0.1, 0.15) is 71.6 Å². The van der Waals surface area contributed by atoms with Gasteiger partial charge in [0, 0.05) is 31.1 Å². The third-order valence-electron chi connectivity index (χ3n) is 11.7. The number of ether oxygens (including phenoxy) is 2. The second kappa shape index (κ2) is 13.8. The van der Waals surface area contributed by atoms with Gasteiger partial charge in [-0.05, 0) is 67.3 Å². The summed E-state index contributed by atoms with van der Waals surface area (Å²) in [7, 11) is 4.73. The quantitative estimate of drug-likeness (QED) is 0.127. The average molecular weight is 751 g/mol. The maximum absolute atomic E-state index is 15.7. The van der Waals surface area contributed by atoms with E-state index in [2.05, 4.69) is 25.9 Å². The second-order valence-electron chi connectivity index (χ2n) is 16.6. The molecule has 2 aromatic heterocycles. The molecule has 0 bridgehead atoms. The lowest BCUT2D eigenvalue weighted by molar-refractivity contribution is -0.140. The van der Waals surface area contributed by atoms with Crippen molar-refractivity contribution in [2.45, 2.75) is 76.6 Å². The normalized spacial score (nSPS) is 22.4. The fourth-order valence-corrected chi connectivity index (χ4v) is 9.50. The Morgan fingerprint density at radius 1 is 0.907 bits per heavy atom. The Bertz CT molecular complexity index is 2110. The Labute approximate surface area is 318 Å². The third kappa shape index (κ3) is 6.13. The molecule has 1 fully saturated rings. The van der Waals surface area contributed by atoms with Gasteiger partial charge in [0.1, 0.15) is 36.1 Å². The molecule has 3 aliphatic carbocycles. The van der Waals surface area contributed by atoms with E-state index >= 15 is 9.59 Å². The van der Waals surface area contributed by atoms with Crippen LogP contribution in [0, 0.1) is 11.8 Å². The van der Waals surface area contributed by atoms with Gasteiger partial charge in [-0.1, -0.05) is 81.4 Å². The smallest absolute Gasteiger partial charge is 0.265 e. The van der Waals surface area contributed by atoms with Crippen molar-refractivity contribution in [1.82, 2.24) is 15.0 Å². The molecule has 7 rings (SSSR count). The SMILES string of the molecule is CN(C)c1ncc(OCc2ccccc2)c2c1C[C@H]1C[C@H]3[C@H](N(C)C)c4onc(OCc5ccccc5)c4C(=O)[C@@]3(O[Si](C)(C)C(C)(C)C)C(=O)C1=C2O. The van der Waals surface area contributed by atoms with Gasteiger partial charge >= 0.3 is 0 Å². The molecule has 4 atom stereocenters. The number of carbonyl (C=O) groups excluding carboxylic acids is 2. The van der Waals surface area contributed by atoms with E-state index in [1.165, 1.54) is 0 Å². The summed E-state index contributed by atoms with van der Waals surface area (Å²) in [6, 6.07) is 18.7. The minimum Gasteiger partial charge on any atom is -0.507 e. The maximum atomic E-state index is 15.7. The lowest BCUT2D eigenvalue weighted by Gasteiger charge is -2.55. The van der Waals surface area contributed by atoms with Gasteiger partial charge in [-0.3, -0.25) is 14.5 Å². The second-order valence-corrected chi connectivity index (χ2v) is 21.4. The number of benzene rings is 2. The number of pyridine rings is 1. The van der Waals surface area contributed by atoms with Crippen molar-refractivity contribution < 1.29 is 33.1 Å². The number of Topliss-reactive ketones (excluding diaryl/α,β-unsaturated/α-hetero) is 2. The summed E-state index contributed by atoms with van der Waals surface area (Å²) in [6.45, 7) is 10.7. The van der Waals surface area contributed by atoms with E-state index in [1.54, 1.807) is 6.20 Å². The van der Waals surface area contributed by atoms with Gasteiger partial charge in [0.25, 0.3) is 5.88 Å². The highest BCUT2D eigenvalue weighted by atomic mass is 28.4. The zero-order chi connectivity index (χ0) is 38.7. The standard InChI is InChI=1S/C42H50N4O7Si/c1-41(2,3)54(8,9)53-42-29(34(45(4)5)36-33(38(42)49)40(44-52-36)51-24-26-18-14-11-15-19-26)21-27-20-28-32(35(47)31(27)37(42)48)30(22-43-39(28)46(6)7)50-23-25-16-12-10-13-17-25/h10-19,22,27,29,34,47H,20-21,23-24H2,1-9H3/t27-,29-,34-,42-/m0/s1. The zero-order valence-electron chi connectivity index (χ0n) is 32.6. The topological polar surface area (TPSA) is 127 Å². The molecule has 12 heteroatoms. The third-order valence-corrected chi connectivity index (χ3v) is 16.1. The number of fused-ring (bicyclic) bond motifs is 4. The van der Waals surface area contributed by atoms with Gasteiger partial charge < -0.3 is 28.4 Å². The number of ketones is 2. The molecule has 2 aromatic carbocycles. The van der Waals surface area contributed by atoms with Crippen molar-refractivity contribution in [3.8, 4) is 11.6 Å². The zero-order valence-corrected chi connectivity index (χ0v) is 33.6.